The zero-order valence-corrected chi connectivity index (χ0v) is 19.1. The fraction of sp³-hybridized carbons (Fsp3) is 0.481. The van der Waals surface area contributed by atoms with E-state index in [1.165, 1.54) is 51.4 Å². The molecule has 0 aliphatic heterocycles. The van der Waals surface area contributed by atoms with E-state index in [0.717, 1.165) is 18.5 Å². The fourth-order valence-electron chi connectivity index (χ4n) is 3.63. The standard InChI is InChI=1S/C27H37NO3/c1-3-4-5-6-7-8-9-10-11-17-22-31-27(30)25-21-16-15-20-24(25)26(29)28(2)23-18-13-12-14-19-23/h12-16,18-21H,3-11,17,22H2,1-2H3. The summed E-state index contributed by atoms with van der Waals surface area (Å²) in [5.74, 6) is -0.654. The van der Waals surface area contributed by atoms with Gasteiger partial charge in [0.2, 0.25) is 0 Å². The van der Waals surface area contributed by atoms with Gasteiger partial charge in [-0.25, -0.2) is 4.79 Å². The number of amides is 1. The van der Waals surface area contributed by atoms with Crippen molar-refractivity contribution < 1.29 is 14.3 Å². The minimum Gasteiger partial charge on any atom is -0.462 e. The van der Waals surface area contributed by atoms with E-state index in [1.54, 1.807) is 36.2 Å². The van der Waals surface area contributed by atoms with Crippen molar-refractivity contribution in [2.75, 3.05) is 18.6 Å². The number of carbonyl (C=O) groups excluding carboxylic acids is 2. The lowest BCUT2D eigenvalue weighted by Gasteiger charge is -2.18. The van der Waals surface area contributed by atoms with E-state index in [-0.39, 0.29) is 5.91 Å². The van der Waals surface area contributed by atoms with Crippen LogP contribution in [0.25, 0.3) is 0 Å². The number of benzene rings is 2. The molecule has 2 aromatic rings. The van der Waals surface area contributed by atoms with Gasteiger partial charge in [-0.1, -0.05) is 95.0 Å². The molecule has 0 aliphatic rings. The van der Waals surface area contributed by atoms with Crippen molar-refractivity contribution in [1.29, 1.82) is 0 Å². The average molecular weight is 424 g/mol. The number of nitrogens with zero attached hydrogens (tertiary/aromatic N) is 1. The lowest BCUT2D eigenvalue weighted by atomic mass is 10.1. The average Bonchev–Trinajstić information content (AvgIpc) is 2.82. The number of anilines is 1. The first-order valence-corrected chi connectivity index (χ1v) is 11.7. The summed E-state index contributed by atoms with van der Waals surface area (Å²) in [6.07, 6.45) is 12.3. The number of rotatable bonds is 14. The Morgan fingerprint density at radius 1 is 0.710 bits per heavy atom. The summed E-state index contributed by atoms with van der Waals surface area (Å²) in [5, 5.41) is 0. The van der Waals surface area contributed by atoms with Gasteiger partial charge in [0.05, 0.1) is 17.7 Å². The van der Waals surface area contributed by atoms with Crippen molar-refractivity contribution in [3.05, 3.63) is 65.7 Å². The number of para-hydroxylation sites is 1. The van der Waals surface area contributed by atoms with Crippen LogP contribution in [0, 0.1) is 0 Å². The second-order valence-electron chi connectivity index (χ2n) is 8.06. The van der Waals surface area contributed by atoms with E-state index in [1.807, 2.05) is 30.3 Å². The summed E-state index contributed by atoms with van der Waals surface area (Å²) in [6, 6.07) is 16.3. The molecule has 4 nitrogen and oxygen atoms in total. The third-order valence-corrected chi connectivity index (χ3v) is 5.56. The van der Waals surface area contributed by atoms with Crippen LogP contribution >= 0.6 is 0 Å². The maximum absolute atomic E-state index is 12.9. The molecule has 1 amide bonds. The minimum atomic E-state index is -0.429. The molecule has 31 heavy (non-hydrogen) atoms. The van der Waals surface area contributed by atoms with Gasteiger partial charge in [-0.3, -0.25) is 4.79 Å². The first kappa shape index (κ1) is 24.6. The molecule has 0 atom stereocenters. The third-order valence-electron chi connectivity index (χ3n) is 5.56. The van der Waals surface area contributed by atoms with Crippen LogP contribution in [0.5, 0.6) is 0 Å². The summed E-state index contributed by atoms with van der Waals surface area (Å²) in [5.41, 5.74) is 1.46. The molecule has 0 bridgehead atoms. The molecule has 0 N–H and O–H groups in total. The Balaban J connectivity index is 1.75. The monoisotopic (exact) mass is 423 g/mol. The Bertz CT molecular complexity index is 788. The van der Waals surface area contributed by atoms with Gasteiger partial charge < -0.3 is 9.64 Å². The van der Waals surface area contributed by atoms with Crippen LogP contribution in [0.2, 0.25) is 0 Å². The van der Waals surface area contributed by atoms with Gasteiger partial charge in [-0.05, 0) is 30.7 Å². The molecule has 0 saturated carbocycles. The molecule has 4 heteroatoms. The van der Waals surface area contributed by atoms with E-state index in [0.29, 0.717) is 17.7 Å². The molecular formula is C27H37NO3. The molecule has 0 heterocycles. The van der Waals surface area contributed by atoms with E-state index in [2.05, 4.69) is 6.92 Å². The number of esters is 1. The van der Waals surface area contributed by atoms with E-state index >= 15 is 0 Å². The highest BCUT2D eigenvalue weighted by atomic mass is 16.5. The Kier molecular flexibility index (Phi) is 11.4. The molecule has 0 radical (unpaired) electrons. The van der Waals surface area contributed by atoms with Crippen LogP contribution in [-0.2, 0) is 4.74 Å². The topological polar surface area (TPSA) is 46.6 Å². The number of hydrogen-bond donors (Lipinski definition) is 0. The molecular weight excluding hydrogens is 386 g/mol. The summed E-state index contributed by atoms with van der Waals surface area (Å²) in [7, 11) is 1.71. The van der Waals surface area contributed by atoms with Gasteiger partial charge in [-0.15, -0.1) is 0 Å². The van der Waals surface area contributed by atoms with E-state index in [4.69, 9.17) is 4.74 Å². The summed E-state index contributed by atoms with van der Waals surface area (Å²) in [6.45, 7) is 2.64. The lowest BCUT2D eigenvalue weighted by Crippen LogP contribution is -2.28. The van der Waals surface area contributed by atoms with Gasteiger partial charge in [0, 0.05) is 12.7 Å². The first-order valence-electron chi connectivity index (χ1n) is 11.7. The second-order valence-corrected chi connectivity index (χ2v) is 8.06. The van der Waals surface area contributed by atoms with Crippen molar-refractivity contribution in [3.8, 4) is 0 Å². The molecule has 2 aromatic carbocycles. The van der Waals surface area contributed by atoms with Crippen molar-refractivity contribution >= 4 is 17.6 Å². The first-order chi connectivity index (χ1) is 15.1. The third kappa shape index (κ3) is 8.56. The van der Waals surface area contributed by atoms with Crippen LogP contribution in [0.4, 0.5) is 5.69 Å². The van der Waals surface area contributed by atoms with Gasteiger partial charge in [-0.2, -0.15) is 0 Å². The lowest BCUT2D eigenvalue weighted by molar-refractivity contribution is 0.0494. The molecule has 0 aliphatic carbocycles. The summed E-state index contributed by atoms with van der Waals surface area (Å²) in [4.78, 5) is 27.1. The largest absolute Gasteiger partial charge is 0.462 e. The van der Waals surface area contributed by atoms with Crippen molar-refractivity contribution in [3.63, 3.8) is 0 Å². The highest BCUT2D eigenvalue weighted by Crippen LogP contribution is 2.18. The fourth-order valence-corrected chi connectivity index (χ4v) is 3.63. The summed E-state index contributed by atoms with van der Waals surface area (Å²) < 4.78 is 5.47. The van der Waals surface area contributed by atoms with Crippen LogP contribution in [0.15, 0.2) is 54.6 Å². The predicted octanol–water partition coefficient (Wildman–Crippen LogP) is 7.04. The van der Waals surface area contributed by atoms with Crippen LogP contribution in [-0.4, -0.2) is 25.5 Å². The van der Waals surface area contributed by atoms with Crippen molar-refractivity contribution in [2.24, 2.45) is 0 Å². The number of carbonyl (C=O) groups is 2. The number of hydrogen-bond acceptors (Lipinski definition) is 3. The van der Waals surface area contributed by atoms with Gasteiger partial charge in [0.25, 0.3) is 5.91 Å². The molecule has 0 unspecified atom stereocenters. The smallest absolute Gasteiger partial charge is 0.338 e. The zero-order valence-electron chi connectivity index (χ0n) is 19.1. The summed E-state index contributed by atoms with van der Waals surface area (Å²) >= 11 is 0. The molecule has 0 fully saturated rings. The van der Waals surface area contributed by atoms with Gasteiger partial charge in [0.1, 0.15) is 0 Å². The van der Waals surface area contributed by atoms with Crippen molar-refractivity contribution in [2.45, 2.75) is 71.1 Å². The van der Waals surface area contributed by atoms with Gasteiger partial charge >= 0.3 is 5.97 Å². The quantitative estimate of drug-likeness (QED) is 0.242. The number of ether oxygens (including phenoxy) is 1. The van der Waals surface area contributed by atoms with Crippen molar-refractivity contribution in [1.82, 2.24) is 0 Å². The van der Waals surface area contributed by atoms with E-state index in [9.17, 15) is 9.59 Å². The maximum Gasteiger partial charge on any atom is 0.338 e. The van der Waals surface area contributed by atoms with Crippen LogP contribution in [0.1, 0.15) is 91.8 Å². The molecule has 0 spiro atoms. The SMILES string of the molecule is CCCCCCCCCCCCOC(=O)c1ccccc1C(=O)N(C)c1ccccc1. The highest BCUT2D eigenvalue weighted by molar-refractivity contribution is 6.11. The highest BCUT2D eigenvalue weighted by Gasteiger charge is 2.21. The Morgan fingerprint density at radius 2 is 1.23 bits per heavy atom. The van der Waals surface area contributed by atoms with E-state index < -0.39 is 5.97 Å². The maximum atomic E-state index is 12.9. The second kappa shape index (κ2) is 14.4. The van der Waals surface area contributed by atoms with Gasteiger partial charge in [0.15, 0.2) is 0 Å². The van der Waals surface area contributed by atoms with Crippen LogP contribution < -0.4 is 4.90 Å². The molecule has 0 aromatic heterocycles. The minimum absolute atomic E-state index is 0.224. The zero-order chi connectivity index (χ0) is 22.3. The Morgan fingerprint density at radius 3 is 1.84 bits per heavy atom. The Labute approximate surface area is 187 Å². The Hall–Kier alpha value is -2.62. The predicted molar refractivity (Wildman–Crippen MR) is 128 cm³/mol. The molecule has 168 valence electrons. The molecule has 2 rings (SSSR count). The molecule has 0 saturated heterocycles. The normalized spacial score (nSPS) is 10.6. The van der Waals surface area contributed by atoms with Crippen LogP contribution in [0.3, 0.4) is 0 Å². The number of unbranched alkanes of at least 4 members (excludes halogenated alkanes) is 9.